The molecule has 0 bridgehead atoms. The largest absolute Gasteiger partial charge is 0.435 e. The smallest absolute Gasteiger partial charge is 0.329 e. The Hall–Kier alpha value is -1.25. The maximum absolute atomic E-state index is 12.3. The molecule has 1 atom stereocenters. The zero-order valence-electron chi connectivity index (χ0n) is 7.65. The van der Waals surface area contributed by atoms with Crippen LogP contribution in [0.25, 0.3) is 0 Å². The molecule has 1 aromatic rings. The van der Waals surface area contributed by atoms with E-state index in [0.717, 1.165) is 0 Å². The van der Waals surface area contributed by atoms with Crippen LogP contribution in [0.1, 0.15) is 17.3 Å². The molecule has 0 saturated heterocycles. The van der Waals surface area contributed by atoms with Gasteiger partial charge in [0.2, 0.25) is 0 Å². The number of aromatic nitrogens is 2. The molecular weight excluding hydrogens is 240 g/mol. The Morgan fingerprint density at radius 1 is 1.25 bits per heavy atom. The van der Waals surface area contributed by atoms with Crippen LogP contribution >= 0.6 is 0 Å². The molecule has 3 nitrogen and oxygen atoms in total. The van der Waals surface area contributed by atoms with Crippen LogP contribution in [0.4, 0.5) is 26.3 Å². The van der Waals surface area contributed by atoms with Crippen LogP contribution < -0.4 is 5.73 Å². The fraction of sp³-hybridized carbons (Fsp3) is 0.571. The minimum atomic E-state index is -4.78. The molecule has 16 heavy (non-hydrogen) atoms. The number of nitrogens with one attached hydrogen (secondary N) is 1. The summed E-state index contributed by atoms with van der Waals surface area (Å²) in [4.78, 5) is 0. The fourth-order valence-electron chi connectivity index (χ4n) is 1.10. The lowest BCUT2D eigenvalue weighted by molar-refractivity contribution is -0.149. The van der Waals surface area contributed by atoms with E-state index in [-0.39, 0.29) is 0 Å². The topological polar surface area (TPSA) is 54.7 Å². The van der Waals surface area contributed by atoms with Gasteiger partial charge in [0.25, 0.3) is 0 Å². The van der Waals surface area contributed by atoms with Crippen molar-refractivity contribution in [3.63, 3.8) is 0 Å². The number of hydrogen-bond acceptors (Lipinski definition) is 2. The van der Waals surface area contributed by atoms with Crippen LogP contribution in [-0.4, -0.2) is 22.9 Å². The maximum atomic E-state index is 12.3. The van der Waals surface area contributed by atoms with E-state index in [0.29, 0.717) is 6.07 Å². The lowest BCUT2D eigenvalue weighted by atomic mass is 10.1. The molecule has 0 radical (unpaired) electrons. The second kappa shape index (κ2) is 3.96. The number of nitrogens with two attached hydrogens (primary N) is 1. The van der Waals surface area contributed by atoms with Gasteiger partial charge in [-0.3, -0.25) is 5.10 Å². The lowest BCUT2D eigenvalue weighted by Crippen LogP contribution is -2.28. The number of nitrogens with zero attached hydrogens (tertiary/aromatic N) is 1. The minimum Gasteiger partial charge on any atom is -0.329 e. The molecule has 1 unspecified atom stereocenters. The zero-order valence-corrected chi connectivity index (χ0v) is 7.65. The van der Waals surface area contributed by atoms with Crippen molar-refractivity contribution >= 4 is 0 Å². The van der Waals surface area contributed by atoms with Gasteiger partial charge in [-0.1, -0.05) is 0 Å². The summed E-state index contributed by atoms with van der Waals surface area (Å²) in [5.41, 5.74) is 2.77. The Kier molecular flexibility index (Phi) is 3.17. The summed E-state index contributed by atoms with van der Waals surface area (Å²) < 4.78 is 73.1. The normalized spacial score (nSPS) is 15.2. The third-order valence-corrected chi connectivity index (χ3v) is 1.89. The third kappa shape index (κ3) is 2.65. The van der Waals surface area contributed by atoms with Crippen molar-refractivity contribution < 1.29 is 26.3 Å². The molecule has 0 aromatic carbocycles. The molecular formula is C7H7F6N3. The number of rotatable bonds is 2. The van der Waals surface area contributed by atoms with Gasteiger partial charge >= 0.3 is 12.4 Å². The summed E-state index contributed by atoms with van der Waals surface area (Å²) in [6.07, 6.45) is -9.48. The van der Waals surface area contributed by atoms with Crippen LogP contribution in [0.15, 0.2) is 6.07 Å². The van der Waals surface area contributed by atoms with Gasteiger partial charge in [0, 0.05) is 12.2 Å². The van der Waals surface area contributed by atoms with Crippen molar-refractivity contribution in [3.05, 3.63) is 17.5 Å². The van der Waals surface area contributed by atoms with Crippen molar-refractivity contribution in [1.29, 1.82) is 0 Å². The first-order chi connectivity index (χ1) is 7.16. The highest BCUT2D eigenvalue weighted by atomic mass is 19.4. The van der Waals surface area contributed by atoms with Crippen LogP contribution in [0.5, 0.6) is 0 Å². The summed E-state index contributed by atoms with van der Waals surface area (Å²) in [6.45, 7) is -0.844. The summed E-state index contributed by atoms with van der Waals surface area (Å²) in [7, 11) is 0. The average Bonchev–Trinajstić information content (AvgIpc) is 2.50. The Balaban J connectivity index is 3.01. The lowest BCUT2D eigenvalue weighted by Gasteiger charge is -2.16. The van der Waals surface area contributed by atoms with Gasteiger partial charge in [0.15, 0.2) is 5.69 Å². The maximum Gasteiger partial charge on any atom is 0.435 e. The van der Waals surface area contributed by atoms with Gasteiger partial charge in [-0.25, -0.2) is 0 Å². The standard InChI is InChI=1S/C7H7F6N3/c8-6(9,10)3(2-14)4-1-5(16-15-4)7(11,12)13/h1,3H,2,14H2,(H,15,16). The van der Waals surface area contributed by atoms with Crippen LogP contribution in [-0.2, 0) is 6.18 Å². The second-order valence-corrected chi connectivity index (χ2v) is 3.04. The predicted octanol–water partition coefficient (Wildman–Crippen LogP) is 2.03. The monoisotopic (exact) mass is 247 g/mol. The van der Waals surface area contributed by atoms with E-state index >= 15 is 0 Å². The molecule has 0 amide bonds. The number of alkyl halides is 6. The summed E-state index contributed by atoms with van der Waals surface area (Å²) in [6, 6.07) is 0.311. The van der Waals surface area contributed by atoms with E-state index in [2.05, 4.69) is 5.10 Å². The summed E-state index contributed by atoms with van der Waals surface area (Å²) >= 11 is 0. The van der Waals surface area contributed by atoms with E-state index in [1.54, 1.807) is 5.10 Å². The molecule has 1 rings (SSSR count). The molecule has 3 N–H and O–H groups in total. The average molecular weight is 247 g/mol. The Morgan fingerprint density at radius 2 is 1.81 bits per heavy atom. The van der Waals surface area contributed by atoms with E-state index < -0.39 is 36.2 Å². The van der Waals surface area contributed by atoms with Crippen LogP contribution in [0.2, 0.25) is 0 Å². The number of aromatic amines is 1. The fourth-order valence-corrected chi connectivity index (χ4v) is 1.10. The van der Waals surface area contributed by atoms with Crippen molar-refractivity contribution in [2.45, 2.75) is 18.3 Å². The highest BCUT2D eigenvalue weighted by Gasteiger charge is 2.42. The number of halogens is 6. The van der Waals surface area contributed by atoms with Crippen LogP contribution in [0.3, 0.4) is 0 Å². The third-order valence-electron chi connectivity index (χ3n) is 1.89. The second-order valence-electron chi connectivity index (χ2n) is 3.04. The van der Waals surface area contributed by atoms with E-state index in [4.69, 9.17) is 5.73 Å². The Morgan fingerprint density at radius 3 is 2.12 bits per heavy atom. The highest BCUT2D eigenvalue weighted by molar-refractivity contribution is 5.17. The van der Waals surface area contributed by atoms with Gasteiger partial charge in [0.1, 0.15) is 5.92 Å². The quantitative estimate of drug-likeness (QED) is 0.785. The molecule has 0 saturated carbocycles. The number of hydrogen-bond donors (Lipinski definition) is 2. The van der Waals surface area contributed by atoms with Crippen molar-refractivity contribution in [2.75, 3.05) is 6.54 Å². The Bertz CT molecular complexity index is 352. The molecule has 0 aliphatic rings. The molecule has 92 valence electrons. The first-order valence-electron chi connectivity index (χ1n) is 4.05. The molecule has 0 aliphatic heterocycles. The molecule has 1 heterocycles. The summed E-state index contributed by atoms with van der Waals surface area (Å²) in [5, 5.41) is 4.46. The molecule has 0 fully saturated rings. The van der Waals surface area contributed by atoms with Crippen LogP contribution in [0, 0.1) is 0 Å². The van der Waals surface area contributed by atoms with Gasteiger partial charge < -0.3 is 5.73 Å². The highest BCUT2D eigenvalue weighted by Crippen LogP contribution is 2.35. The molecule has 9 heteroatoms. The van der Waals surface area contributed by atoms with Crippen molar-refractivity contribution in [1.82, 2.24) is 10.2 Å². The molecule has 0 spiro atoms. The van der Waals surface area contributed by atoms with Gasteiger partial charge in [-0.05, 0) is 6.07 Å². The predicted molar refractivity (Wildman–Crippen MR) is 41.4 cm³/mol. The van der Waals surface area contributed by atoms with Gasteiger partial charge in [-0.15, -0.1) is 0 Å². The molecule has 1 aromatic heterocycles. The first kappa shape index (κ1) is 12.8. The van der Waals surface area contributed by atoms with Gasteiger partial charge in [0.05, 0.1) is 0 Å². The summed E-state index contributed by atoms with van der Waals surface area (Å²) in [5.74, 6) is -2.17. The van der Waals surface area contributed by atoms with Crippen molar-refractivity contribution in [3.8, 4) is 0 Å². The Labute approximate surface area is 85.6 Å². The first-order valence-corrected chi connectivity index (χ1v) is 4.05. The van der Waals surface area contributed by atoms with E-state index in [1.807, 2.05) is 0 Å². The van der Waals surface area contributed by atoms with Crippen molar-refractivity contribution in [2.24, 2.45) is 5.73 Å². The zero-order chi connectivity index (χ0) is 12.6. The van der Waals surface area contributed by atoms with E-state index in [9.17, 15) is 26.3 Å². The number of H-pyrrole nitrogens is 1. The minimum absolute atomic E-state index is 0.311. The van der Waals surface area contributed by atoms with Gasteiger partial charge in [-0.2, -0.15) is 31.4 Å². The molecule has 0 aliphatic carbocycles. The van der Waals surface area contributed by atoms with E-state index in [1.165, 1.54) is 0 Å². The SMILES string of the molecule is NCC(c1cc(C(F)(F)F)n[nH]1)C(F)(F)F.